The van der Waals surface area contributed by atoms with Gasteiger partial charge in [0.05, 0.1) is 47.1 Å². The zero-order valence-corrected chi connectivity index (χ0v) is 28.9. The van der Waals surface area contributed by atoms with Crippen molar-refractivity contribution in [1.29, 1.82) is 0 Å². The summed E-state index contributed by atoms with van der Waals surface area (Å²) in [4.78, 5) is 49.5. The fraction of sp³-hybridized carbons (Fsp3) is 0.139. The maximum absolute atomic E-state index is 14.9. The molecule has 2 aromatic carbocycles. The monoisotopic (exact) mass is 753 g/mol. The number of carboxylic acids is 2. The number of benzene rings is 2. The Balaban J connectivity index is 1.08. The molecule has 0 saturated heterocycles. The molecule has 19 heteroatoms. The fourth-order valence-corrected chi connectivity index (χ4v) is 5.22. The van der Waals surface area contributed by atoms with Crippen LogP contribution in [0, 0.1) is 11.6 Å². The first-order valence-electron chi connectivity index (χ1n) is 16.2. The molecular weight excluding hydrogens is 724 g/mol. The Labute approximate surface area is 309 Å². The summed E-state index contributed by atoms with van der Waals surface area (Å²) < 4.78 is 44.0. The van der Waals surface area contributed by atoms with E-state index in [1.165, 1.54) is 18.2 Å². The van der Waals surface area contributed by atoms with Crippen LogP contribution in [0.5, 0.6) is 11.5 Å². The van der Waals surface area contributed by atoms with Crippen LogP contribution in [0.4, 0.5) is 20.2 Å². The minimum absolute atomic E-state index is 0.0330. The number of aromatic nitrogens is 7. The lowest BCUT2D eigenvalue weighted by Gasteiger charge is -2.14. The van der Waals surface area contributed by atoms with Crippen LogP contribution < -0.4 is 20.1 Å². The van der Waals surface area contributed by atoms with E-state index in [4.69, 9.17) is 9.47 Å². The maximum atomic E-state index is 14.9. The summed E-state index contributed by atoms with van der Waals surface area (Å²) >= 11 is 0. The first-order valence-corrected chi connectivity index (χ1v) is 16.2. The molecule has 0 fully saturated rings. The molecule has 17 nitrogen and oxygen atoms in total. The molecular formula is C36H29F2N9O8. The van der Waals surface area contributed by atoms with Crippen LogP contribution >= 0.6 is 0 Å². The van der Waals surface area contributed by atoms with Crippen LogP contribution in [0.3, 0.4) is 0 Å². The van der Waals surface area contributed by atoms with Crippen LogP contribution in [-0.4, -0.2) is 81.9 Å². The van der Waals surface area contributed by atoms with Crippen molar-refractivity contribution < 1.29 is 47.6 Å². The Kier molecular flexibility index (Phi) is 10.8. The van der Waals surface area contributed by atoms with Gasteiger partial charge in [-0.05, 0) is 54.6 Å². The van der Waals surface area contributed by atoms with E-state index >= 15 is 0 Å². The zero-order chi connectivity index (χ0) is 39.2. The van der Waals surface area contributed by atoms with Crippen LogP contribution in [-0.2, 0) is 14.1 Å². The summed E-state index contributed by atoms with van der Waals surface area (Å²) in [5.41, 5.74) is 0.394. The molecule has 0 aliphatic rings. The third kappa shape index (κ3) is 8.40. The number of amides is 2. The summed E-state index contributed by atoms with van der Waals surface area (Å²) in [6.45, 7) is -0.428. The molecule has 6 rings (SSSR count). The second-order valence-corrected chi connectivity index (χ2v) is 11.7. The molecule has 0 aliphatic carbocycles. The van der Waals surface area contributed by atoms with Crippen LogP contribution in [0.1, 0.15) is 48.1 Å². The van der Waals surface area contributed by atoms with Gasteiger partial charge in [0, 0.05) is 45.0 Å². The normalized spacial score (nSPS) is 10.8. The van der Waals surface area contributed by atoms with Crippen molar-refractivity contribution in [3.8, 4) is 34.3 Å². The molecule has 4 aromatic heterocycles. The second kappa shape index (κ2) is 16.0. The molecule has 0 bridgehead atoms. The van der Waals surface area contributed by atoms with Crippen molar-refractivity contribution in [2.75, 3.05) is 23.8 Å². The Hall–Kier alpha value is -7.57. The van der Waals surface area contributed by atoms with E-state index in [0.717, 1.165) is 17.8 Å². The molecule has 0 aliphatic heterocycles. The average Bonchev–Trinajstić information content (AvgIpc) is 3.80. The molecule has 0 saturated carbocycles. The first kappa shape index (κ1) is 37.2. The molecule has 0 radical (unpaired) electrons. The number of aryl methyl sites for hydroxylation is 2. The number of aromatic carboxylic acids is 2. The van der Waals surface area contributed by atoms with Gasteiger partial charge in [0.2, 0.25) is 0 Å². The minimum atomic E-state index is -1.52. The number of carbonyl (C=O) groups excluding carboxylic acids is 2. The largest absolute Gasteiger partial charge is 0.490 e. The summed E-state index contributed by atoms with van der Waals surface area (Å²) in [7, 11) is 3.52. The third-order valence-electron chi connectivity index (χ3n) is 7.99. The SMILES string of the molecule is Cn1cccc1-c1ccc(C(=O)Nc2cc(OCCCOc3cc(NC(=O)c4ccc(-c5ccnn5C)nn4)c(C(=O)O)cc3F)c(F)cc2C(=O)O)nn1. The van der Waals surface area contributed by atoms with Gasteiger partial charge in [0.25, 0.3) is 11.8 Å². The van der Waals surface area contributed by atoms with Crippen molar-refractivity contribution in [2.45, 2.75) is 6.42 Å². The predicted molar refractivity (Wildman–Crippen MR) is 189 cm³/mol. The number of nitrogens with one attached hydrogen (secondary N) is 2. The van der Waals surface area contributed by atoms with Gasteiger partial charge in [0.15, 0.2) is 34.5 Å². The van der Waals surface area contributed by atoms with Gasteiger partial charge in [-0.3, -0.25) is 14.3 Å². The lowest BCUT2D eigenvalue weighted by molar-refractivity contribution is 0.0686. The van der Waals surface area contributed by atoms with Crippen LogP contribution in [0.15, 0.2) is 79.1 Å². The zero-order valence-electron chi connectivity index (χ0n) is 28.9. The van der Waals surface area contributed by atoms with Crippen molar-refractivity contribution in [3.05, 3.63) is 113 Å². The van der Waals surface area contributed by atoms with Gasteiger partial charge < -0.3 is 34.9 Å². The Morgan fingerprint density at radius 2 is 1.20 bits per heavy atom. The molecule has 0 atom stereocenters. The highest BCUT2D eigenvalue weighted by molar-refractivity contribution is 6.08. The Morgan fingerprint density at radius 3 is 1.60 bits per heavy atom. The number of rotatable bonds is 14. The lowest BCUT2D eigenvalue weighted by Crippen LogP contribution is -2.18. The highest BCUT2D eigenvalue weighted by Gasteiger charge is 2.22. The molecule has 0 spiro atoms. The average molecular weight is 754 g/mol. The van der Waals surface area contributed by atoms with E-state index in [9.17, 15) is 38.2 Å². The number of ether oxygens (including phenoxy) is 2. The second-order valence-electron chi connectivity index (χ2n) is 11.7. The van der Waals surface area contributed by atoms with E-state index in [-0.39, 0.29) is 42.4 Å². The van der Waals surface area contributed by atoms with Crippen LogP contribution in [0.2, 0.25) is 0 Å². The highest BCUT2D eigenvalue weighted by atomic mass is 19.1. The topological polar surface area (TPSA) is 226 Å². The molecule has 55 heavy (non-hydrogen) atoms. The number of hydrogen-bond acceptors (Lipinski definition) is 11. The van der Waals surface area contributed by atoms with E-state index in [2.05, 4.69) is 36.1 Å². The number of carboxylic acid groups (broad SMARTS) is 2. The van der Waals surface area contributed by atoms with Gasteiger partial charge in [-0.2, -0.15) is 5.10 Å². The van der Waals surface area contributed by atoms with E-state index < -0.39 is 58.0 Å². The molecule has 6 aromatic rings. The Morgan fingerprint density at radius 1 is 0.691 bits per heavy atom. The van der Waals surface area contributed by atoms with Crippen molar-refractivity contribution in [3.63, 3.8) is 0 Å². The van der Waals surface area contributed by atoms with Gasteiger partial charge >= 0.3 is 11.9 Å². The molecule has 4 heterocycles. The van der Waals surface area contributed by atoms with Crippen LogP contribution in [0.25, 0.3) is 22.8 Å². The first-order chi connectivity index (χ1) is 26.4. The highest BCUT2D eigenvalue weighted by Crippen LogP contribution is 2.29. The standard InChI is InChI=1S/C36H29F2N9O8/c1-46-12-3-5-29(46)23-6-8-25(44-42-23)33(48)40-27-17-31(21(37)15-19(27)35(50)51)54-13-4-14-55-32-18-28(20(36(52)53)16-22(32)38)41-34(49)26-9-7-24(43-45-26)30-10-11-39-47(30)2/h3,5-12,15-18H,4,13-14H2,1-2H3,(H,40,48)(H,41,49)(H,50,51)(H,52,53). The summed E-state index contributed by atoms with van der Waals surface area (Å²) in [6.07, 6.45) is 3.41. The van der Waals surface area contributed by atoms with Gasteiger partial charge in [-0.15, -0.1) is 20.4 Å². The summed E-state index contributed by atoms with van der Waals surface area (Å²) in [5.74, 6) is -7.54. The van der Waals surface area contributed by atoms with Crippen molar-refractivity contribution in [2.24, 2.45) is 14.1 Å². The van der Waals surface area contributed by atoms with Gasteiger partial charge in [-0.25, -0.2) is 18.4 Å². The van der Waals surface area contributed by atoms with E-state index in [0.29, 0.717) is 29.2 Å². The predicted octanol–water partition coefficient (Wildman–Crippen LogP) is 4.70. The van der Waals surface area contributed by atoms with Crippen molar-refractivity contribution in [1.82, 2.24) is 34.7 Å². The number of nitrogens with zero attached hydrogens (tertiary/aromatic N) is 7. The molecule has 2 amide bonds. The maximum Gasteiger partial charge on any atom is 0.337 e. The number of hydrogen-bond donors (Lipinski definition) is 4. The van der Waals surface area contributed by atoms with Gasteiger partial charge in [-0.1, -0.05) is 0 Å². The third-order valence-corrected chi connectivity index (χ3v) is 7.99. The fourth-order valence-electron chi connectivity index (χ4n) is 5.22. The summed E-state index contributed by atoms with van der Waals surface area (Å²) in [6, 6.07) is 14.6. The molecule has 0 unspecified atom stereocenters. The smallest absolute Gasteiger partial charge is 0.337 e. The number of halogens is 2. The van der Waals surface area contributed by atoms with E-state index in [1.807, 2.05) is 29.9 Å². The molecule has 280 valence electrons. The quantitative estimate of drug-likeness (QED) is 0.111. The molecule has 4 N–H and O–H groups in total. The number of anilines is 2. The number of carbonyl (C=O) groups is 4. The van der Waals surface area contributed by atoms with Gasteiger partial charge in [0.1, 0.15) is 11.4 Å². The minimum Gasteiger partial charge on any atom is -0.490 e. The van der Waals surface area contributed by atoms with E-state index in [1.54, 1.807) is 30.1 Å². The lowest BCUT2D eigenvalue weighted by atomic mass is 10.1. The Bertz CT molecular complexity index is 2250. The summed E-state index contributed by atoms with van der Waals surface area (Å²) in [5, 5.41) is 44.0. The van der Waals surface area contributed by atoms with Crippen molar-refractivity contribution >= 4 is 35.1 Å².